The number of hydrogen-bond donors (Lipinski definition) is 0. The van der Waals surface area contributed by atoms with Gasteiger partial charge in [-0.05, 0) is 23.7 Å². The Morgan fingerprint density at radius 2 is 2.00 bits per heavy atom. The van der Waals surface area contributed by atoms with E-state index in [1.165, 1.54) is 0 Å². The summed E-state index contributed by atoms with van der Waals surface area (Å²) in [4.78, 5) is 7.87. The summed E-state index contributed by atoms with van der Waals surface area (Å²) in [6, 6.07) is 5.35. The molecule has 3 nitrogen and oxygen atoms in total. The van der Waals surface area contributed by atoms with E-state index in [4.69, 9.17) is 27.9 Å². The van der Waals surface area contributed by atoms with Gasteiger partial charge < -0.3 is 4.74 Å². The van der Waals surface area contributed by atoms with E-state index < -0.39 is 0 Å². The maximum atomic E-state index is 5.88. The summed E-state index contributed by atoms with van der Waals surface area (Å²) < 4.78 is 5.06. The Balaban J connectivity index is 2.75. The van der Waals surface area contributed by atoms with Crippen LogP contribution in [0.5, 0.6) is 5.75 Å². The van der Waals surface area contributed by atoms with Gasteiger partial charge in [-0.15, -0.1) is 0 Å². The highest BCUT2D eigenvalue weighted by Gasteiger charge is 2.05. The SMILES string of the molecule is COc1ccc2c(Cl)nc(Cl)nc2c1. The van der Waals surface area contributed by atoms with Gasteiger partial charge in [-0.1, -0.05) is 11.6 Å². The van der Waals surface area contributed by atoms with Crippen molar-refractivity contribution in [2.75, 3.05) is 7.11 Å². The fraction of sp³-hybridized carbons (Fsp3) is 0.111. The fourth-order valence-electron chi connectivity index (χ4n) is 1.17. The first kappa shape index (κ1) is 9.49. The fourth-order valence-corrected chi connectivity index (χ4v) is 1.63. The van der Waals surface area contributed by atoms with Gasteiger partial charge in [-0.25, -0.2) is 9.97 Å². The molecule has 72 valence electrons. The Morgan fingerprint density at radius 3 is 2.71 bits per heavy atom. The third-order valence-corrected chi connectivity index (χ3v) is 2.29. The third kappa shape index (κ3) is 1.61. The number of aromatic nitrogens is 2. The molecule has 2 rings (SSSR count). The van der Waals surface area contributed by atoms with Crippen molar-refractivity contribution >= 4 is 34.1 Å². The Labute approximate surface area is 90.6 Å². The van der Waals surface area contributed by atoms with Crippen LogP contribution in [0.2, 0.25) is 10.4 Å². The Bertz CT molecular complexity index is 487. The number of benzene rings is 1. The lowest BCUT2D eigenvalue weighted by molar-refractivity contribution is 0.415. The van der Waals surface area contributed by atoms with E-state index in [1.807, 2.05) is 0 Å². The highest BCUT2D eigenvalue weighted by molar-refractivity contribution is 6.35. The van der Waals surface area contributed by atoms with Gasteiger partial charge in [0.25, 0.3) is 0 Å². The van der Waals surface area contributed by atoms with Gasteiger partial charge >= 0.3 is 0 Å². The summed E-state index contributed by atoms with van der Waals surface area (Å²) >= 11 is 11.6. The number of halogens is 2. The maximum absolute atomic E-state index is 5.88. The van der Waals surface area contributed by atoms with Crippen LogP contribution >= 0.6 is 23.2 Å². The molecule has 0 atom stereocenters. The van der Waals surface area contributed by atoms with E-state index in [0.29, 0.717) is 16.4 Å². The molecule has 0 aliphatic rings. The lowest BCUT2D eigenvalue weighted by Crippen LogP contribution is -1.88. The second-order valence-electron chi connectivity index (χ2n) is 2.67. The molecule has 0 aliphatic heterocycles. The number of rotatable bonds is 1. The second kappa shape index (κ2) is 3.59. The quantitative estimate of drug-likeness (QED) is 0.557. The molecule has 0 aliphatic carbocycles. The van der Waals surface area contributed by atoms with Crippen molar-refractivity contribution < 1.29 is 4.74 Å². The summed E-state index contributed by atoms with van der Waals surface area (Å²) in [6.07, 6.45) is 0. The summed E-state index contributed by atoms with van der Waals surface area (Å²) in [5.41, 5.74) is 0.675. The van der Waals surface area contributed by atoms with Gasteiger partial charge in [0.2, 0.25) is 5.28 Å². The van der Waals surface area contributed by atoms with Gasteiger partial charge in [-0.2, -0.15) is 0 Å². The average molecular weight is 229 g/mol. The van der Waals surface area contributed by atoms with Gasteiger partial charge in [0.15, 0.2) is 0 Å². The van der Waals surface area contributed by atoms with E-state index in [0.717, 1.165) is 5.39 Å². The summed E-state index contributed by atoms with van der Waals surface area (Å²) in [6.45, 7) is 0. The van der Waals surface area contributed by atoms with Crippen LogP contribution in [0.15, 0.2) is 18.2 Å². The molecular formula is C9H6Cl2N2O. The molecule has 14 heavy (non-hydrogen) atoms. The minimum absolute atomic E-state index is 0.135. The highest BCUT2D eigenvalue weighted by Crippen LogP contribution is 2.25. The average Bonchev–Trinajstić information content (AvgIpc) is 2.16. The van der Waals surface area contributed by atoms with E-state index >= 15 is 0 Å². The minimum Gasteiger partial charge on any atom is -0.497 e. The van der Waals surface area contributed by atoms with Gasteiger partial charge in [0.1, 0.15) is 10.9 Å². The summed E-state index contributed by atoms with van der Waals surface area (Å²) in [5, 5.41) is 1.25. The van der Waals surface area contributed by atoms with Crippen molar-refractivity contribution in [1.82, 2.24) is 9.97 Å². The summed E-state index contributed by atoms with van der Waals surface area (Å²) in [7, 11) is 1.59. The van der Waals surface area contributed by atoms with Crippen LogP contribution in [0.1, 0.15) is 0 Å². The van der Waals surface area contributed by atoms with Crippen molar-refractivity contribution in [1.29, 1.82) is 0 Å². The molecule has 1 aromatic carbocycles. The molecule has 0 amide bonds. The van der Waals surface area contributed by atoms with Crippen LogP contribution in [-0.4, -0.2) is 17.1 Å². The largest absolute Gasteiger partial charge is 0.497 e. The normalized spacial score (nSPS) is 10.5. The Hall–Kier alpha value is -1.06. The van der Waals surface area contributed by atoms with Gasteiger partial charge in [0, 0.05) is 11.5 Å². The van der Waals surface area contributed by atoms with E-state index in [-0.39, 0.29) is 5.28 Å². The topological polar surface area (TPSA) is 35.0 Å². The third-order valence-electron chi connectivity index (χ3n) is 1.83. The number of methoxy groups -OCH3 is 1. The first-order valence-electron chi connectivity index (χ1n) is 3.87. The molecule has 0 bridgehead atoms. The molecule has 0 fully saturated rings. The monoisotopic (exact) mass is 228 g/mol. The van der Waals surface area contributed by atoms with E-state index in [1.54, 1.807) is 25.3 Å². The smallest absolute Gasteiger partial charge is 0.224 e. The van der Waals surface area contributed by atoms with E-state index in [2.05, 4.69) is 9.97 Å². The highest BCUT2D eigenvalue weighted by atomic mass is 35.5. The van der Waals surface area contributed by atoms with Crippen LogP contribution in [0.25, 0.3) is 10.9 Å². The molecule has 1 aromatic heterocycles. The van der Waals surface area contributed by atoms with Crippen LogP contribution < -0.4 is 4.74 Å². The molecule has 0 saturated carbocycles. The van der Waals surface area contributed by atoms with Gasteiger partial charge in [0.05, 0.1) is 12.6 Å². The van der Waals surface area contributed by atoms with Crippen LogP contribution in [0.3, 0.4) is 0 Å². The first-order valence-corrected chi connectivity index (χ1v) is 4.63. The molecular weight excluding hydrogens is 223 g/mol. The van der Waals surface area contributed by atoms with Crippen molar-refractivity contribution in [2.24, 2.45) is 0 Å². The Kier molecular flexibility index (Phi) is 2.44. The standard InChI is InChI=1S/C9H6Cl2N2O/c1-14-5-2-3-6-7(4-5)12-9(11)13-8(6)10/h2-4H,1H3. The molecule has 0 radical (unpaired) electrons. The van der Waals surface area contributed by atoms with Crippen LogP contribution in [0.4, 0.5) is 0 Å². The predicted octanol–water partition coefficient (Wildman–Crippen LogP) is 2.95. The van der Waals surface area contributed by atoms with Crippen molar-refractivity contribution in [3.8, 4) is 5.75 Å². The van der Waals surface area contributed by atoms with Crippen LogP contribution in [0, 0.1) is 0 Å². The molecule has 2 aromatic rings. The van der Waals surface area contributed by atoms with Gasteiger partial charge in [-0.3, -0.25) is 0 Å². The zero-order valence-electron chi connectivity index (χ0n) is 7.29. The zero-order valence-corrected chi connectivity index (χ0v) is 8.80. The van der Waals surface area contributed by atoms with Crippen molar-refractivity contribution in [2.45, 2.75) is 0 Å². The molecule has 0 unspecified atom stereocenters. The number of fused-ring (bicyclic) bond motifs is 1. The number of ether oxygens (including phenoxy) is 1. The Morgan fingerprint density at radius 1 is 1.21 bits per heavy atom. The minimum atomic E-state index is 0.135. The lowest BCUT2D eigenvalue weighted by Gasteiger charge is -2.02. The molecule has 0 N–H and O–H groups in total. The molecule has 1 heterocycles. The number of hydrogen-bond acceptors (Lipinski definition) is 3. The number of nitrogens with zero attached hydrogens (tertiary/aromatic N) is 2. The lowest BCUT2D eigenvalue weighted by atomic mass is 10.2. The van der Waals surface area contributed by atoms with Crippen molar-refractivity contribution in [3.63, 3.8) is 0 Å². The zero-order chi connectivity index (χ0) is 10.1. The molecule has 5 heteroatoms. The summed E-state index contributed by atoms with van der Waals surface area (Å²) in [5.74, 6) is 0.711. The van der Waals surface area contributed by atoms with Crippen molar-refractivity contribution in [3.05, 3.63) is 28.6 Å². The molecule has 0 spiro atoms. The van der Waals surface area contributed by atoms with Crippen LogP contribution in [-0.2, 0) is 0 Å². The maximum Gasteiger partial charge on any atom is 0.224 e. The second-order valence-corrected chi connectivity index (χ2v) is 3.36. The molecule has 0 saturated heterocycles. The van der Waals surface area contributed by atoms with E-state index in [9.17, 15) is 0 Å². The predicted molar refractivity (Wildman–Crippen MR) is 56.1 cm³/mol. The first-order chi connectivity index (χ1) is 6.70.